The normalized spacial score (nSPS) is 16.7. The highest BCUT2D eigenvalue weighted by Gasteiger charge is 2.38. The van der Waals surface area contributed by atoms with Crippen molar-refractivity contribution >= 4 is 23.4 Å². The molecule has 2 aromatic rings. The number of carbonyl (C=O) groups is 2. The molecule has 9 nitrogen and oxygen atoms in total. The number of nitrogens with zero attached hydrogens (tertiary/aromatic N) is 3. The van der Waals surface area contributed by atoms with Crippen molar-refractivity contribution < 1.29 is 32.6 Å². The van der Waals surface area contributed by atoms with Crippen LogP contribution in [0.2, 0.25) is 0 Å². The quantitative estimate of drug-likeness (QED) is 0.546. The Labute approximate surface area is 207 Å². The van der Waals surface area contributed by atoms with Gasteiger partial charge in [-0.15, -0.1) is 0 Å². The van der Waals surface area contributed by atoms with Gasteiger partial charge >= 0.3 is 12.1 Å². The molecule has 0 saturated carbocycles. The van der Waals surface area contributed by atoms with Crippen LogP contribution in [0.1, 0.15) is 31.0 Å². The van der Waals surface area contributed by atoms with E-state index in [-0.39, 0.29) is 18.6 Å². The number of aromatic nitrogens is 1. The fourth-order valence-corrected chi connectivity index (χ4v) is 3.79. The van der Waals surface area contributed by atoms with Crippen molar-refractivity contribution in [3.63, 3.8) is 0 Å². The number of piperazine rings is 1. The van der Waals surface area contributed by atoms with Gasteiger partial charge in [-0.2, -0.15) is 13.2 Å². The Bertz CT molecular complexity index is 1060. The highest BCUT2D eigenvalue weighted by Crippen LogP contribution is 2.30. The van der Waals surface area contributed by atoms with E-state index in [0.29, 0.717) is 0 Å². The van der Waals surface area contributed by atoms with Crippen LogP contribution in [0, 0.1) is 0 Å². The van der Waals surface area contributed by atoms with E-state index in [1.54, 1.807) is 0 Å². The van der Waals surface area contributed by atoms with Crippen molar-refractivity contribution in [3.05, 3.63) is 47.7 Å². The molecule has 0 aliphatic carbocycles. The first kappa shape index (κ1) is 27.2. The van der Waals surface area contributed by atoms with Crippen molar-refractivity contribution in [2.24, 2.45) is 0 Å². The SMILES string of the molecule is CCN1CCN(c2cc(CNC(C)c3ccc4c(c3)OCC(=O)N4)ccn2)CC1.O=C(O)C(F)(F)F. The molecule has 1 amide bonds. The Hall–Kier alpha value is -3.38. The number of rotatable bonds is 6. The Morgan fingerprint density at radius 3 is 2.56 bits per heavy atom. The van der Waals surface area contributed by atoms with Gasteiger partial charge in [-0.3, -0.25) is 4.79 Å². The Morgan fingerprint density at radius 2 is 1.92 bits per heavy atom. The third-order valence-electron chi connectivity index (χ3n) is 5.95. The molecule has 3 N–H and O–H groups in total. The van der Waals surface area contributed by atoms with Crippen LogP contribution in [0.5, 0.6) is 5.75 Å². The monoisotopic (exact) mass is 509 g/mol. The molecule has 12 heteroatoms. The Balaban J connectivity index is 0.000000454. The number of carboxylic acid groups (broad SMARTS) is 1. The van der Waals surface area contributed by atoms with Crippen LogP contribution in [0.4, 0.5) is 24.7 Å². The number of fused-ring (bicyclic) bond motifs is 1. The highest BCUT2D eigenvalue weighted by molar-refractivity contribution is 5.95. The van der Waals surface area contributed by atoms with Crippen molar-refractivity contribution in [2.45, 2.75) is 32.6 Å². The lowest BCUT2D eigenvalue weighted by molar-refractivity contribution is -0.192. The second-order valence-electron chi connectivity index (χ2n) is 8.44. The number of pyridine rings is 1. The molecule has 196 valence electrons. The van der Waals surface area contributed by atoms with Crippen molar-refractivity contribution in [1.82, 2.24) is 15.2 Å². The molecule has 1 aromatic carbocycles. The van der Waals surface area contributed by atoms with E-state index in [0.717, 1.165) is 62.1 Å². The van der Waals surface area contributed by atoms with Crippen molar-refractivity contribution in [1.29, 1.82) is 0 Å². The molecule has 1 aromatic heterocycles. The Morgan fingerprint density at radius 1 is 1.22 bits per heavy atom. The van der Waals surface area contributed by atoms with Crippen LogP contribution in [-0.2, 0) is 16.1 Å². The summed E-state index contributed by atoms with van der Waals surface area (Å²) < 4.78 is 37.3. The molecular formula is C24H30F3N5O4. The zero-order valence-electron chi connectivity index (χ0n) is 20.1. The predicted octanol–water partition coefficient (Wildman–Crippen LogP) is 3.04. The summed E-state index contributed by atoms with van der Waals surface area (Å²) in [5, 5.41) is 13.5. The van der Waals surface area contributed by atoms with Crippen LogP contribution in [-0.4, -0.2) is 72.4 Å². The van der Waals surface area contributed by atoms with Gasteiger partial charge in [0.05, 0.1) is 5.69 Å². The first-order valence-electron chi connectivity index (χ1n) is 11.6. The number of hydrogen-bond acceptors (Lipinski definition) is 7. The first-order chi connectivity index (χ1) is 17.1. The van der Waals surface area contributed by atoms with E-state index in [2.05, 4.69) is 51.4 Å². The fraction of sp³-hybridized carbons (Fsp3) is 0.458. The van der Waals surface area contributed by atoms with Gasteiger partial charge in [0.15, 0.2) is 6.61 Å². The van der Waals surface area contributed by atoms with Gasteiger partial charge in [-0.05, 0) is 48.9 Å². The van der Waals surface area contributed by atoms with Gasteiger partial charge in [0.2, 0.25) is 0 Å². The second-order valence-corrected chi connectivity index (χ2v) is 8.44. The molecule has 1 atom stereocenters. The maximum atomic E-state index is 11.4. The van der Waals surface area contributed by atoms with Crippen LogP contribution in [0.3, 0.4) is 0 Å². The van der Waals surface area contributed by atoms with Gasteiger partial charge in [0.25, 0.3) is 5.91 Å². The average Bonchev–Trinajstić information content (AvgIpc) is 2.87. The first-order valence-corrected chi connectivity index (χ1v) is 11.6. The number of carbonyl (C=O) groups excluding carboxylic acids is 1. The van der Waals surface area contributed by atoms with Crippen molar-refractivity contribution in [2.75, 3.05) is 49.5 Å². The average molecular weight is 510 g/mol. The maximum absolute atomic E-state index is 11.4. The number of benzene rings is 1. The zero-order valence-corrected chi connectivity index (χ0v) is 20.1. The second kappa shape index (κ2) is 12.0. The summed E-state index contributed by atoms with van der Waals surface area (Å²) >= 11 is 0. The number of amides is 1. The highest BCUT2D eigenvalue weighted by atomic mass is 19.4. The summed E-state index contributed by atoms with van der Waals surface area (Å²) in [5.41, 5.74) is 3.09. The van der Waals surface area contributed by atoms with Crippen LogP contribution >= 0.6 is 0 Å². The summed E-state index contributed by atoms with van der Waals surface area (Å²) in [7, 11) is 0. The van der Waals surface area contributed by atoms with E-state index in [1.807, 2.05) is 24.4 Å². The van der Waals surface area contributed by atoms with Gasteiger partial charge in [0.1, 0.15) is 11.6 Å². The summed E-state index contributed by atoms with van der Waals surface area (Å²) in [6, 6.07) is 10.3. The summed E-state index contributed by atoms with van der Waals surface area (Å²) in [6.07, 6.45) is -3.18. The number of nitrogens with one attached hydrogen (secondary N) is 2. The number of carboxylic acids is 1. The number of ether oxygens (including phenoxy) is 1. The lowest BCUT2D eigenvalue weighted by Gasteiger charge is -2.34. The molecule has 36 heavy (non-hydrogen) atoms. The van der Waals surface area contributed by atoms with Crippen molar-refractivity contribution in [3.8, 4) is 5.75 Å². The fourth-order valence-electron chi connectivity index (χ4n) is 3.79. The van der Waals surface area contributed by atoms with E-state index in [1.165, 1.54) is 5.56 Å². The molecule has 0 spiro atoms. The maximum Gasteiger partial charge on any atom is 0.490 e. The largest absolute Gasteiger partial charge is 0.490 e. The summed E-state index contributed by atoms with van der Waals surface area (Å²) in [5.74, 6) is -1.08. The van der Waals surface area contributed by atoms with Crippen LogP contribution in [0.15, 0.2) is 36.5 Å². The van der Waals surface area contributed by atoms with Gasteiger partial charge in [0, 0.05) is 45.0 Å². The van der Waals surface area contributed by atoms with E-state index >= 15 is 0 Å². The topological polar surface area (TPSA) is 107 Å². The molecular weight excluding hydrogens is 479 g/mol. The van der Waals surface area contributed by atoms with Gasteiger partial charge < -0.3 is 30.3 Å². The third-order valence-corrected chi connectivity index (χ3v) is 5.95. The van der Waals surface area contributed by atoms with Crippen LogP contribution < -0.4 is 20.3 Å². The molecule has 1 fully saturated rings. The molecule has 0 bridgehead atoms. The Kier molecular flexibility index (Phi) is 9.10. The molecule has 2 aliphatic heterocycles. The lowest BCUT2D eigenvalue weighted by Crippen LogP contribution is -2.46. The number of aliphatic carboxylic acids is 1. The predicted molar refractivity (Wildman–Crippen MR) is 128 cm³/mol. The van der Waals surface area contributed by atoms with E-state index < -0.39 is 12.1 Å². The smallest absolute Gasteiger partial charge is 0.482 e. The van der Waals surface area contributed by atoms with E-state index in [9.17, 15) is 18.0 Å². The zero-order chi connectivity index (χ0) is 26.3. The minimum Gasteiger partial charge on any atom is -0.482 e. The number of hydrogen-bond donors (Lipinski definition) is 3. The molecule has 0 radical (unpaired) electrons. The van der Waals surface area contributed by atoms with Gasteiger partial charge in [-0.1, -0.05) is 13.0 Å². The molecule has 1 unspecified atom stereocenters. The molecule has 2 aliphatic rings. The molecule has 1 saturated heterocycles. The number of halogens is 3. The summed E-state index contributed by atoms with van der Waals surface area (Å²) in [6.45, 7) is 10.5. The van der Waals surface area contributed by atoms with Gasteiger partial charge in [-0.25, -0.2) is 9.78 Å². The number of likely N-dealkylation sites (N-methyl/N-ethyl adjacent to an activating group) is 1. The lowest BCUT2D eigenvalue weighted by atomic mass is 10.1. The number of anilines is 2. The van der Waals surface area contributed by atoms with E-state index in [4.69, 9.17) is 14.6 Å². The summed E-state index contributed by atoms with van der Waals surface area (Å²) in [4.78, 5) is 29.7. The molecule has 3 heterocycles. The minimum atomic E-state index is -5.08. The standard InChI is InChI=1S/C22H29N5O2.C2HF3O2/c1-3-26-8-10-27(11-9-26)21-12-17(6-7-23-21)14-24-16(2)18-4-5-19-20(13-18)29-15-22(28)25-19;3-2(4,5)1(6)7/h4-7,12-13,16,24H,3,8-11,14-15H2,1-2H3,(H,25,28);(H,6,7). The third kappa shape index (κ3) is 7.56. The van der Waals surface area contributed by atoms with Crippen LogP contribution in [0.25, 0.3) is 0 Å². The number of alkyl halides is 3. The molecule has 4 rings (SSSR count). The minimum absolute atomic E-state index is 0.0740.